The molecular weight excluding hydrogens is 349 g/mol. The van der Waals surface area contributed by atoms with Crippen molar-refractivity contribution < 1.29 is 18.7 Å². The number of carbonyl (C=O) groups excluding carboxylic acids is 2. The molecule has 2 aromatic carbocycles. The second kappa shape index (κ2) is 8.34. The number of methoxy groups -OCH3 is 1. The standard InChI is InChI=1S/C17H17ClFN3O3/c1-10(23)21-12-4-6-16(25-2)15(8-12)22-17(24)9-20-14-5-3-11(19)7-13(14)18/h3-8,20H,9H2,1-2H3,(H,21,23)(H,22,24). The molecule has 0 atom stereocenters. The molecule has 0 spiro atoms. The highest BCUT2D eigenvalue weighted by Crippen LogP contribution is 2.28. The van der Waals surface area contributed by atoms with Crippen molar-refractivity contribution in [1.29, 1.82) is 0 Å². The summed E-state index contributed by atoms with van der Waals surface area (Å²) in [5.41, 5.74) is 1.38. The summed E-state index contributed by atoms with van der Waals surface area (Å²) in [6.07, 6.45) is 0. The number of amides is 2. The maximum absolute atomic E-state index is 13.0. The van der Waals surface area contributed by atoms with E-state index in [0.29, 0.717) is 22.8 Å². The van der Waals surface area contributed by atoms with E-state index in [9.17, 15) is 14.0 Å². The maximum Gasteiger partial charge on any atom is 0.243 e. The molecule has 0 aliphatic carbocycles. The van der Waals surface area contributed by atoms with Crippen molar-refractivity contribution in [2.24, 2.45) is 0 Å². The van der Waals surface area contributed by atoms with Crippen LogP contribution in [0.5, 0.6) is 5.75 Å². The molecule has 2 rings (SSSR count). The lowest BCUT2D eigenvalue weighted by Gasteiger charge is -2.13. The molecule has 0 saturated carbocycles. The number of nitrogens with one attached hydrogen (secondary N) is 3. The van der Waals surface area contributed by atoms with Gasteiger partial charge < -0.3 is 20.7 Å². The molecule has 25 heavy (non-hydrogen) atoms. The Balaban J connectivity index is 2.04. The van der Waals surface area contributed by atoms with Crippen LogP contribution >= 0.6 is 11.6 Å². The first-order valence-electron chi connectivity index (χ1n) is 7.33. The van der Waals surface area contributed by atoms with Gasteiger partial charge in [0.05, 0.1) is 30.1 Å². The first kappa shape index (κ1) is 18.5. The molecule has 132 valence electrons. The third kappa shape index (κ3) is 5.36. The van der Waals surface area contributed by atoms with Gasteiger partial charge in [0.2, 0.25) is 11.8 Å². The van der Waals surface area contributed by atoms with Crippen LogP contribution in [0.25, 0.3) is 0 Å². The third-order valence-corrected chi connectivity index (χ3v) is 3.48. The summed E-state index contributed by atoms with van der Waals surface area (Å²) in [7, 11) is 1.47. The minimum atomic E-state index is -0.459. The van der Waals surface area contributed by atoms with Gasteiger partial charge in [-0.05, 0) is 36.4 Å². The van der Waals surface area contributed by atoms with Gasteiger partial charge in [0.25, 0.3) is 0 Å². The lowest BCUT2D eigenvalue weighted by Crippen LogP contribution is -2.22. The average molecular weight is 366 g/mol. The van der Waals surface area contributed by atoms with Crippen LogP contribution in [0.15, 0.2) is 36.4 Å². The summed E-state index contributed by atoms with van der Waals surface area (Å²) in [6, 6.07) is 8.72. The van der Waals surface area contributed by atoms with E-state index in [4.69, 9.17) is 16.3 Å². The SMILES string of the molecule is COc1ccc(NC(C)=O)cc1NC(=O)CNc1ccc(F)cc1Cl. The Bertz CT molecular complexity index is 799. The second-order valence-corrected chi connectivity index (χ2v) is 5.53. The molecule has 0 fully saturated rings. The number of carbonyl (C=O) groups is 2. The fraction of sp³-hybridized carbons (Fsp3) is 0.176. The van der Waals surface area contributed by atoms with E-state index in [2.05, 4.69) is 16.0 Å². The van der Waals surface area contributed by atoms with E-state index >= 15 is 0 Å². The average Bonchev–Trinajstić information content (AvgIpc) is 2.54. The largest absolute Gasteiger partial charge is 0.495 e. The van der Waals surface area contributed by atoms with Gasteiger partial charge in [-0.25, -0.2) is 4.39 Å². The molecule has 0 aliphatic heterocycles. The lowest BCUT2D eigenvalue weighted by molar-refractivity contribution is -0.115. The minimum Gasteiger partial charge on any atom is -0.495 e. The number of hydrogen-bond donors (Lipinski definition) is 3. The quantitative estimate of drug-likeness (QED) is 0.732. The summed E-state index contributed by atoms with van der Waals surface area (Å²) in [6.45, 7) is 1.30. The number of anilines is 3. The van der Waals surface area contributed by atoms with Crippen molar-refractivity contribution >= 4 is 40.5 Å². The molecule has 0 saturated heterocycles. The van der Waals surface area contributed by atoms with E-state index in [1.54, 1.807) is 18.2 Å². The van der Waals surface area contributed by atoms with E-state index in [0.717, 1.165) is 6.07 Å². The molecule has 2 aromatic rings. The van der Waals surface area contributed by atoms with Crippen molar-refractivity contribution in [3.63, 3.8) is 0 Å². The molecule has 0 bridgehead atoms. The van der Waals surface area contributed by atoms with Gasteiger partial charge in [0.1, 0.15) is 11.6 Å². The van der Waals surface area contributed by atoms with Gasteiger partial charge in [-0.1, -0.05) is 11.6 Å². The number of benzene rings is 2. The van der Waals surface area contributed by atoms with Crippen LogP contribution in [0.1, 0.15) is 6.92 Å². The zero-order chi connectivity index (χ0) is 18.4. The van der Waals surface area contributed by atoms with Crippen LogP contribution in [-0.2, 0) is 9.59 Å². The molecule has 6 nitrogen and oxygen atoms in total. The lowest BCUT2D eigenvalue weighted by atomic mass is 10.2. The van der Waals surface area contributed by atoms with Crippen molar-refractivity contribution in [3.05, 3.63) is 47.2 Å². The Morgan fingerprint density at radius 1 is 1.12 bits per heavy atom. The van der Waals surface area contributed by atoms with Crippen LogP contribution in [0.3, 0.4) is 0 Å². The normalized spacial score (nSPS) is 10.1. The van der Waals surface area contributed by atoms with Gasteiger partial charge in [-0.15, -0.1) is 0 Å². The van der Waals surface area contributed by atoms with Gasteiger partial charge in [0.15, 0.2) is 0 Å². The van der Waals surface area contributed by atoms with Crippen LogP contribution in [0.2, 0.25) is 5.02 Å². The molecular formula is C17H17ClFN3O3. The second-order valence-electron chi connectivity index (χ2n) is 5.12. The van der Waals surface area contributed by atoms with Gasteiger partial charge in [-0.2, -0.15) is 0 Å². The van der Waals surface area contributed by atoms with E-state index in [-0.39, 0.29) is 23.4 Å². The van der Waals surface area contributed by atoms with Crippen LogP contribution in [0.4, 0.5) is 21.5 Å². The van der Waals surface area contributed by atoms with Gasteiger partial charge in [-0.3, -0.25) is 9.59 Å². The Kier molecular flexibility index (Phi) is 6.19. The Morgan fingerprint density at radius 3 is 2.52 bits per heavy atom. The Morgan fingerprint density at radius 2 is 1.88 bits per heavy atom. The van der Waals surface area contributed by atoms with E-state index < -0.39 is 5.82 Å². The first-order valence-corrected chi connectivity index (χ1v) is 7.71. The van der Waals surface area contributed by atoms with Crippen molar-refractivity contribution in [2.75, 3.05) is 29.6 Å². The van der Waals surface area contributed by atoms with E-state index in [1.807, 2.05) is 0 Å². The summed E-state index contributed by atoms with van der Waals surface area (Å²) < 4.78 is 18.2. The summed E-state index contributed by atoms with van der Waals surface area (Å²) in [4.78, 5) is 23.3. The fourth-order valence-electron chi connectivity index (χ4n) is 2.09. The number of ether oxygens (including phenoxy) is 1. The molecule has 0 heterocycles. The van der Waals surface area contributed by atoms with Crippen molar-refractivity contribution in [3.8, 4) is 5.75 Å². The molecule has 0 unspecified atom stereocenters. The van der Waals surface area contributed by atoms with Crippen LogP contribution in [-0.4, -0.2) is 25.5 Å². The predicted octanol–water partition coefficient (Wildman–Crippen LogP) is 3.50. The Hall–Kier alpha value is -2.80. The van der Waals surface area contributed by atoms with Crippen LogP contribution < -0.4 is 20.7 Å². The molecule has 0 aromatic heterocycles. The summed E-state index contributed by atoms with van der Waals surface area (Å²) in [5.74, 6) is -0.601. The fourth-order valence-corrected chi connectivity index (χ4v) is 2.32. The molecule has 3 N–H and O–H groups in total. The maximum atomic E-state index is 13.0. The highest BCUT2D eigenvalue weighted by Gasteiger charge is 2.10. The zero-order valence-electron chi connectivity index (χ0n) is 13.7. The van der Waals surface area contributed by atoms with Gasteiger partial charge >= 0.3 is 0 Å². The third-order valence-electron chi connectivity index (χ3n) is 3.16. The molecule has 8 heteroatoms. The zero-order valence-corrected chi connectivity index (χ0v) is 14.4. The number of hydrogen-bond acceptors (Lipinski definition) is 4. The predicted molar refractivity (Wildman–Crippen MR) is 95.8 cm³/mol. The summed E-state index contributed by atoms with van der Waals surface area (Å²) in [5, 5.41) is 8.31. The van der Waals surface area contributed by atoms with Crippen molar-refractivity contribution in [1.82, 2.24) is 0 Å². The molecule has 0 aliphatic rings. The highest BCUT2D eigenvalue weighted by atomic mass is 35.5. The molecule has 2 amide bonds. The van der Waals surface area contributed by atoms with Crippen LogP contribution in [0, 0.1) is 5.82 Å². The minimum absolute atomic E-state index is 0.0845. The topological polar surface area (TPSA) is 79.5 Å². The highest BCUT2D eigenvalue weighted by molar-refractivity contribution is 6.33. The summed E-state index contributed by atoms with van der Waals surface area (Å²) >= 11 is 5.90. The van der Waals surface area contributed by atoms with Gasteiger partial charge in [0, 0.05) is 12.6 Å². The first-order chi connectivity index (χ1) is 11.9. The number of halogens is 2. The molecule has 0 radical (unpaired) electrons. The Labute approximate surface area is 149 Å². The smallest absolute Gasteiger partial charge is 0.243 e. The monoisotopic (exact) mass is 365 g/mol. The van der Waals surface area contributed by atoms with E-state index in [1.165, 1.54) is 26.2 Å². The number of rotatable bonds is 6. The van der Waals surface area contributed by atoms with Crippen molar-refractivity contribution in [2.45, 2.75) is 6.92 Å².